The molecule has 0 amide bonds. The topological polar surface area (TPSA) is 51.4 Å². The fraction of sp³-hybridized carbons (Fsp3) is 0.583. The minimum Gasteiger partial charge on any atom is -0.397 e. The van der Waals surface area contributed by atoms with Crippen LogP contribution in [0.1, 0.15) is 13.3 Å². The lowest BCUT2D eigenvalue weighted by Gasteiger charge is -2.24. The smallest absolute Gasteiger partial charge is 0.128 e. The summed E-state index contributed by atoms with van der Waals surface area (Å²) < 4.78 is 5.39. The van der Waals surface area contributed by atoms with Gasteiger partial charge >= 0.3 is 0 Å². The number of ether oxygens (including phenoxy) is 1. The fourth-order valence-corrected chi connectivity index (χ4v) is 2.01. The molecule has 0 unspecified atom stereocenters. The molecule has 2 heterocycles. The number of rotatable bonds is 4. The average molecular weight is 221 g/mol. The first-order valence-corrected chi connectivity index (χ1v) is 5.84. The van der Waals surface area contributed by atoms with Gasteiger partial charge < -0.3 is 15.4 Å². The first-order chi connectivity index (χ1) is 7.79. The van der Waals surface area contributed by atoms with Gasteiger partial charge in [0, 0.05) is 25.6 Å². The molecular weight excluding hydrogens is 202 g/mol. The average Bonchev–Trinajstić information content (AvgIpc) is 2.80. The van der Waals surface area contributed by atoms with Crippen LogP contribution in [0.4, 0.5) is 11.5 Å². The highest BCUT2D eigenvalue weighted by atomic mass is 16.5. The van der Waals surface area contributed by atoms with Gasteiger partial charge in [0.1, 0.15) is 5.82 Å². The second kappa shape index (κ2) is 5.16. The third-order valence-corrected chi connectivity index (χ3v) is 2.98. The Kier molecular flexibility index (Phi) is 3.62. The Balaban J connectivity index is 2.00. The number of hydrogen-bond acceptors (Lipinski definition) is 4. The van der Waals surface area contributed by atoms with Crippen LogP contribution in [0.3, 0.4) is 0 Å². The molecule has 16 heavy (non-hydrogen) atoms. The van der Waals surface area contributed by atoms with Crippen molar-refractivity contribution in [3.63, 3.8) is 0 Å². The normalized spacial score (nSPS) is 19.9. The summed E-state index contributed by atoms with van der Waals surface area (Å²) >= 11 is 0. The quantitative estimate of drug-likeness (QED) is 0.837. The third-order valence-electron chi connectivity index (χ3n) is 2.98. The van der Waals surface area contributed by atoms with Crippen molar-refractivity contribution >= 4 is 11.5 Å². The SMILES string of the molecule is CCN(C[C@H]1CCOC1)c1ccc(N)cn1. The molecule has 1 aliphatic heterocycles. The Labute approximate surface area is 96.4 Å². The van der Waals surface area contributed by atoms with Crippen molar-refractivity contribution in [1.82, 2.24) is 4.98 Å². The van der Waals surface area contributed by atoms with Crippen molar-refractivity contribution in [3.05, 3.63) is 18.3 Å². The van der Waals surface area contributed by atoms with Crippen LogP contribution >= 0.6 is 0 Å². The summed E-state index contributed by atoms with van der Waals surface area (Å²) in [5, 5.41) is 0. The maximum atomic E-state index is 5.63. The van der Waals surface area contributed by atoms with E-state index >= 15 is 0 Å². The summed E-state index contributed by atoms with van der Waals surface area (Å²) in [6, 6.07) is 3.88. The molecule has 1 aromatic heterocycles. The fourth-order valence-electron chi connectivity index (χ4n) is 2.01. The summed E-state index contributed by atoms with van der Waals surface area (Å²) in [7, 11) is 0. The molecule has 1 atom stereocenters. The second-order valence-electron chi connectivity index (χ2n) is 4.22. The highest BCUT2D eigenvalue weighted by Gasteiger charge is 2.19. The van der Waals surface area contributed by atoms with Gasteiger partial charge in [-0.05, 0) is 25.5 Å². The van der Waals surface area contributed by atoms with Crippen LogP contribution in [0.25, 0.3) is 0 Å². The van der Waals surface area contributed by atoms with E-state index in [0.717, 1.165) is 38.5 Å². The van der Waals surface area contributed by atoms with E-state index in [4.69, 9.17) is 10.5 Å². The van der Waals surface area contributed by atoms with Crippen molar-refractivity contribution in [2.24, 2.45) is 5.92 Å². The van der Waals surface area contributed by atoms with E-state index in [-0.39, 0.29) is 0 Å². The molecule has 0 bridgehead atoms. The highest BCUT2D eigenvalue weighted by Crippen LogP contribution is 2.18. The molecule has 0 saturated carbocycles. The number of nitrogens with two attached hydrogens (primary N) is 1. The van der Waals surface area contributed by atoms with E-state index in [1.165, 1.54) is 0 Å². The van der Waals surface area contributed by atoms with E-state index in [9.17, 15) is 0 Å². The Bertz CT molecular complexity index is 320. The van der Waals surface area contributed by atoms with Gasteiger partial charge in [-0.3, -0.25) is 0 Å². The van der Waals surface area contributed by atoms with Crippen LogP contribution in [0.2, 0.25) is 0 Å². The zero-order chi connectivity index (χ0) is 11.4. The molecule has 88 valence electrons. The lowest BCUT2D eigenvalue weighted by molar-refractivity contribution is 0.186. The van der Waals surface area contributed by atoms with E-state index in [2.05, 4.69) is 16.8 Å². The molecule has 2 rings (SSSR count). The minimum atomic E-state index is 0.638. The number of hydrogen-bond donors (Lipinski definition) is 1. The van der Waals surface area contributed by atoms with Crippen molar-refractivity contribution in [1.29, 1.82) is 0 Å². The van der Waals surface area contributed by atoms with Crippen LogP contribution in [-0.4, -0.2) is 31.3 Å². The summed E-state index contributed by atoms with van der Waals surface area (Å²) in [6.45, 7) is 5.91. The van der Waals surface area contributed by atoms with Gasteiger partial charge in [0.15, 0.2) is 0 Å². The van der Waals surface area contributed by atoms with Gasteiger partial charge in [-0.25, -0.2) is 4.98 Å². The Hall–Kier alpha value is -1.29. The predicted molar refractivity (Wildman–Crippen MR) is 65.5 cm³/mol. The first-order valence-electron chi connectivity index (χ1n) is 5.84. The molecule has 0 aliphatic carbocycles. The van der Waals surface area contributed by atoms with Gasteiger partial charge in [0.2, 0.25) is 0 Å². The molecule has 2 N–H and O–H groups in total. The number of pyridine rings is 1. The molecule has 0 spiro atoms. The lowest BCUT2D eigenvalue weighted by atomic mass is 10.1. The summed E-state index contributed by atoms with van der Waals surface area (Å²) in [4.78, 5) is 6.63. The van der Waals surface area contributed by atoms with E-state index < -0.39 is 0 Å². The van der Waals surface area contributed by atoms with E-state index in [1.54, 1.807) is 6.20 Å². The van der Waals surface area contributed by atoms with Crippen molar-refractivity contribution in [3.8, 4) is 0 Å². The Morgan fingerprint density at radius 3 is 3.00 bits per heavy atom. The number of aromatic nitrogens is 1. The maximum absolute atomic E-state index is 5.63. The van der Waals surface area contributed by atoms with Crippen molar-refractivity contribution < 1.29 is 4.74 Å². The van der Waals surface area contributed by atoms with Gasteiger partial charge in [0.25, 0.3) is 0 Å². The first kappa shape index (κ1) is 11.2. The molecular formula is C12H19N3O. The van der Waals surface area contributed by atoms with Crippen LogP contribution in [0.5, 0.6) is 0 Å². The van der Waals surface area contributed by atoms with Gasteiger partial charge in [0.05, 0.1) is 18.5 Å². The highest BCUT2D eigenvalue weighted by molar-refractivity contribution is 5.45. The van der Waals surface area contributed by atoms with Crippen LogP contribution < -0.4 is 10.6 Å². The molecule has 4 nitrogen and oxygen atoms in total. The molecule has 0 aromatic carbocycles. The minimum absolute atomic E-state index is 0.638. The Morgan fingerprint density at radius 1 is 1.56 bits per heavy atom. The monoisotopic (exact) mass is 221 g/mol. The van der Waals surface area contributed by atoms with Gasteiger partial charge in [-0.15, -0.1) is 0 Å². The molecule has 1 fully saturated rings. The second-order valence-corrected chi connectivity index (χ2v) is 4.22. The molecule has 1 aromatic rings. The van der Waals surface area contributed by atoms with E-state index in [1.807, 2.05) is 12.1 Å². The number of nitrogen functional groups attached to an aromatic ring is 1. The molecule has 0 radical (unpaired) electrons. The predicted octanol–water partition coefficient (Wildman–Crippen LogP) is 1.53. The summed E-state index contributed by atoms with van der Waals surface area (Å²) in [5.74, 6) is 1.64. The van der Waals surface area contributed by atoms with Crippen molar-refractivity contribution in [2.45, 2.75) is 13.3 Å². The third kappa shape index (κ3) is 2.64. The zero-order valence-electron chi connectivity index (χ0n) is 9.72. The van der Waals surface area contributed by atoms with Gasteiger partial charge in [-0.1, -0.05) is 0 Å². The van der Waals surface area contributed by atoms with Crippen molar-refractivity contribution in [2.75, 3.05) is 36.9 Å². The molecule has 1 saturated heterocycles. The Morgan fingerprint density at radius 2 is 2.44 bits per heavy atom. The zero-order valence-corrected chi connectivity index (χ0v) is 9.72. The van der Waals surface area contributed by atoms with E-state index in [0.29, 0.717) is 11.6 Å². The lowest BCUT2D eigenvalue weighted by Crippen LogP contribution is -2.30. The number of nitrogens with zero attached hydrogens (tertiary/aromatic N) is 2. The largest absolute Gasteiger partial charge is 0.397 e. The van der Waals surface area contributed by atoms with Crippen LogP contribution in [-0.2, 0) is 4.74 Å². The summed E-state index contributed by atoms with van der Waals surface area (Å²) in [6.07, 6.45) is 2.87. The van der Waals surface area contributed by atoms with Gasteiger partial charge in [-0.2, -0.15) is 0 Å². The van der Waals surface area contributed by atoms with Crippen LogP contribution in [0, 0.1) is 5.92 Å². The number of anilines is 2. The standard InChI is InChI=1S/C12H19N3O/c1-2-15(8-10-5-6-16-9-10)12-4-3-11(13)7-14-12/h3-4,7,10H,2,5-6,8-9,13H2,1H3/t10-/m1/s1. The summed E-state index contributed by atoms with van der Waals surface area (Å²) in [5.41, 5.74) is 6.34. The molecule has 4 heteroatoms. The molecule has 1 aliphatic rings. The van der Waals surface area contributed by atoms with Crippen LogP contribution in [0.15, 0.2) is 18.3 Å². The maximum Gasteiger partial charge on any atom is 0.128 e.